The van der Waals surface area contributed by atoms with Gasteiger partial charge < -0.3 is 9.64 Å². The van der Waals surface area contributed by atoms with Crippen LogP contribution in [-0.2, 0) is 9.53 Å². The Kier molecular flexibility index (Phi) is 5.21. The SMILES string of the molecule is COC(=O)Nc1ccc(-c2cnc3ccc(N4C(=O)CCC4c4ccc(F)cc4)cn23)cn1. The zero-order chi connectivity index (χ0) is 22.9. The number of carbonyl (C=O) groups excluding carboxylic acids is 2. The van der Waals surface area contributed by atoms with Crippen LogP contribution in [-0.4, -0.2) is 33.5 Å². The summed E-state index contributed by atoms with van der Waals surface area (Å²) in [4.78, 5) is 34.6. The van der Waals surface area contributed by atoms with E-state index in [1.54, 1.807) is 35.5 Å². The van der Waals surface area contributed by atoms with Crippen molar-refractivity contribution in [2.45, 2.75) is 18.9 Å². The van der Waals surface area contributed by atoms with E-state index in [0.717, 1.165) is 28.2 Å². The Morgan fingerprint density at radius 1 is 1.09 bits per heavy atom. The van der Waals surface area contributed by atoms with E-state index < -0.39 is 6.09 Å². The molecule has 8 nitrogen and oxygen atoms in total. The molecule has 1 aliphatic rings. The van der Waals surface area contributed by atoms with Crippen LogP contribution in [0.1, 0.15) is 24.4 Å². The van der Waals surface area contributed by atoms with Gasteiger partial charge in [0, 0.05) is 24.4 Å². The highest BCUT2D eigenvalue weighted by Gasteiger charge is 2.33. The molecule has 1 N–H and O–H groups in total. The van der Waals surface area contributed by atoms with Crippen LogP contribution in [0.25, 0.3) is 16.9 Å². The molecule has 0 bridgehead atoms. The molecule has 0 spiro atoms. The van der Waals surface area contributed by atoms with Crippen molar-refractivity contribution >= 4 is 29.2 Å². The van der Waals surface area contributed by atoms with Crippen LogP contribution < -0.4 is 10.2 Å². The van der Waals surface area contributed by atoms with Gasteiger partial charge in [0.15, 0.2) is 0 Å². The van der Waals surface area contributed by atoms with E-state index in [0.29, 0.717) is 18.7 Å². The molecule has 1 aromatic carbocycles. The maximum atomic E-state index is 13.4. The van der Waals surface area contributed by atoms with Gasteiger partial charge in [0.2, 0.25) is 5.91 Å². The zero-order valence-corrected chi connectivity index (χ0v) is 17.7. The van der Waals surface area contributed by atoms with Crippen LogP contribution in [0.5, 0.6) is 0 Å². The monoisotopic (exact) mass is 445 g/mol. The summed E-state index contributed by atoms with van der Waals surface area (Å²) in [5.74, 6) is 0.0793. The fourth-order valence-corrected chi connectivity index (χ4v) is 4.11. The van der Waals surface area contributed by atoms with Crippen molar-refractivity contribution in [2.75, 3.05) is 17.3 Å². The first-order chi connectivity index (χ1) is 16.0. The highest BCUT2D eigenvalue weighted by Crippen LogP contribution is 2.37. The Hall–Kier alpha value is -4.27. The number of nitrogens with one attached hydrogen (secondary N) is 1. The molecule has 4 aromatic rings. The third-order valence-corrected chi connectivity index (χ3v) is 5.71. The number of anilines is 2. The summed E-state index contributed by atoms with van der Waals surface area (Å²) in [6.45, 7) is 0. The first-order valence-corrected chi connectivity index (χ1v) is 10.4. The number of amides is 2. The third kappa shape index (κ3) is 3.89. The average molecular weight is 445 g/mol. The van der Waals surface area contributed by atoms with Crippen molar-refractivity contribution in [1.29, 1.82) is 0 Å². The highest BCUT2D eigenvalue weighted by molar-refractivity contribution is 5.96. The van der Waals surface area contributed by atoms with E-state index >= 15 is 0 Å². The normalized spacial score (nSPS) is 15.8. The van der Waals surface area contributed by atoms with Gasteiger partial charge in [0.05, 0.1) is 30.7 Å². The number of carbonyl (C=O) groups is 2. The molecule has 0 saturated carbocycles. The topological polar surface area (TPSA) is 88.8 Å². The third-order valence-electron chi connectivity index (χ3n) is 5.71. The molecule has 1 aliphatic heterocycles. The van der Waals surface area contributed by atoms with Gasteiger partial charge in [-0.25, -0.2) is 19.2 Å². The minimum absolute atomic E-state index is 0.0187. The predicted molar refractivity (Wildman–Crippen MR) is 120 cm³/mol. The van der Waals surface area contributed by atoms with Crippen molar-refractivity contribution in [1.82, 2.24) is 14.4 Å². The minimum Gasteiger partial charge on any atom is -0.453 e. The van der Waals surface area contributed by atoms with E-state index in [1.807, 2.05) is 28.8 Å². The first-order valence-electron chi connectivity index (χ1n) is 10.4. The van der Waals surface area contributed by atoms with Gasteiger partial charge in [-0.05, 0) is 48.4 Å². The summed E-state index contributed by atoms with van der Waals surface area (Å²) < 4.78 is 19.9. The zero-order valence-electron chi connectivity index (χ0n) is 17.7. The van der Waals surface area contributed by atoms with Crippen LogP contribution in [0, 0.1) is 5.82 Å². The molecule has 33 heavy (non-hydrogen) atoms. The lowest BCUT2D eigenvalue weighted by atomic mass is 10.0. The van der Waals surface area contributed by atoms with Gasteiger partial charge >= 0.3 is 6.09 Å². The van der Waals surface area contributed by atoms with E-state index in [-0.39, 0.29) is 17.8 Å². The molecule has 0 radical (unpaired) electrons. The van der Waals surface area contributed by atoms with Gasteiger partial charge in [-0.1, -0.05) is 12.1 Å². The number of halogens is 1. The molecule has 1 saturated heterocycles. The number of hydrogen-bond donors (Lipinski definition) is 1. The second kappa shape index (κ2) is 8.34. The van der Waals surface area contributed by atoms with E-state index in [4.69, 9.17) is 0 Å². The molecule has 166 valence electrons. The lowest BCUT2D eigenvalue weighted by Gasteiger charge is -2.25. The Balaban J connectivity index is 1.49. The Morgan fingerprint density at radius 3 is 2.64 bits per heavy atom. The number of rotatable bonds is 4. The molecule has 9 heteroatoms. The quantitative estimate of drug-likeness (QED) is 0.497. The number of benzene rings is 1. The lowest BCUT2D eigenvalue weighted by molar-refractivity contribution is -0.117. The number of imidazole rings is 1. The number of fused-ring (bicyclic) bond motifs is 1. The van der Waals surface area contributed by atoms with Gasteiger partial charge in [0.1, 0.15) is 17.3 Å². The Morgan fingerprint density at radius 2 is 1.91 bits per heavy atom. The predicted octanol–water partition coefficient (Wildman–Crippen LogP) is 4.58. The minimum atomic E-state index is -0.597. The molecule has 3 aromatic heterocycles. The fraction of sp³-hybridized carbons (Fsp3) is 0.167. The standard InChI is InChI=1S/C24H20FN5O3/c1-33-24(32)28-21-9-4-16(12-26-21)20-13-27-22-10-7-18(14-29(20)22)30-19(8-11-23(30)31)15-2-5-17(25)6-3-15/h2-7,9-10,12-14,19H,8,11H2,1H3,(H,26,28,32). The van der Waals surface area contributed by atoms with Gasteiger partial charge in [-0.2, -0.15) is 0 Å². The molecular weight excluding hydrogens is 425 g/mol. The van der Waals surface area contributed by atoms with Crippen molar-refractivity contribution in [3.05, 3.63) is 78.5 Å². The van der Waals surface area contributed by atoms with Crippen LogP contribution in [0.15, 0.2) is 67.1 Å². The molecular formula is C24H20FN5O3. The highest BCUT2D eigenvalue weighted by atomic mass is 19.1. The van der Waals surface area contributed by atoms with Crippen molar-refractivity contribution in [3.8, 4) is 11.3 Å². The molecule has 4 heterocycles. The van der Waals surface area contributed by atoms with Gasteiger partial charge in [-0.15, -0.1) is 0 Å². The van der Waals surface area contributed by atoms with Crippen molar-refractivity contribution in [3.63, 3.8) is 0 Å². The molecule has 5 rings (SSSR count). The van der Waals surface area contributed by atoms with E-state index in [2.05, 4.69) is 20.0 Å². The Labute approximate surface area is 188 Å². The molecule has 1 unspecified atom stereocenters. The number of hydrogen-bond acceptors (Lipinski definition) is 5. The summed E-state index contributed by atoms with van der Waals surface area (Å²) in [6.07, 6.45) is 5.72. The molecule has 1 fully saturated rings. The molecule has 2 amide bonds. The number of nitrogens with zero attached hydrogens (tertiary/aromatic N) is 4. The lowest BCUT2D eigenvalue weighted by Crippen LogP contribution is -2.27. The van der Waals surface area contributed by atoms with Gasteiger partial charge in [0.25, 0.3) is 0 Å². The largest absolute Gasteiger partial charge is 0.453 e. The number of ether oxygens (including phenoxy) is 1. The van der Waals surface area contributed by atoms with E-state index in [1.165, 1.54) is 19.2 Å². The smallest absolute Gasteiger partial charge is 0.412 e. The summed E-state index contributed by atoms with van der Waals surface area (Å²) in [6, 6.07) is 13.3. The van der Waals surface area contributed by atoms with Gasteiger partial charge in [-0.3, -0.25) is 14.5 Å². The molecule has 0 aliphatic carbocycles. The second-order valence-electron chi connectivity index (χ2n) is 7.68. The fourth-order valence-electron chi connectivity index (χ4n) is 4.11. The summed E-state index contributed by atoms with van der Waals surface area (Å²) >= 11 is 0. The van der Waals surface area contributed by atoms with Crippen LogP contribution in [0.2, 0.25) is 0 Å². The maximum Gasteiger partial charge on any atom is 0.412 e. The van der Waals surface area contributed by atoms with Crippen molar-refractivity contribution in [2.24, 2.45) is 0 Å². The number of pyridine rings is 2. The van der Waals surface area contributed by atoms with Crippen molar-refractivity contribution < 1.29 is 18.7 Å². The first kappa shape index (κ1) is 20.6. The maximum absolute atomic E-state index is 13.4. The summed E-state index contributed by atoms with van der Waals surface area (Å²) in [5, 5.41) is 2.51. The number of methoxy groups -OCH3 is 1. The molecule has 1 atom stereocenters. The van der Waals surface area contributed by atoms with E-state index in [9.17, 15) is 14.0 Å². The Bertz CT molecular complexity index is 1330. The summed E-state index contributed by atoms with van der Waals surface area (Å²) in [5.41, 5.74) is 3.92. The second-order valence-corrected chi connectivity index (χ2v) is 7.68. The van der Waals surface area contributed by atoms with Crippen LogP contribution >= 0.6 is 0 Å². The van der Waals surface area contributed by atoms with Crippen LogP contribution in [0.3, 0.4) is 0 Å². The number of aromatic nitrogens is 3. The summed E-state index contributed by atoms with van der Waals surface area (Å²) in [7, 11) is 1.28. The van der Waals surface area contributed by atoms with Crippen LogP contribution in [0.4, 0.5) is 20.7 Å². The average Bonchev–Trinajstić information content (AvgIpc) is 3.43.